The number of nitrogens with two attached hydrogens (primary N) is 1. The monoisotopic (exact) mass is 223 g/mol. The van der Waals surface area contributed by atoms with E-state index in [0.717, 1.165) is 18.7 Å². The number of hydrogen-bond acceptors (Lipinski definition) is 4. The zero-order valence-corrected chi connectivity index (χ0v) is 9.53. The van der Waals surface area contributed by atoms with Gasteiger partial charge < -0.3 is 10.3 Å². The van der Waals surface area contributed by atoms with Crippen LogP contribution in [-0.4, -0.2) is 29.1 Å². The minimum atomic E-state index is -0.510. The lowest BCUT2D eigenvalue weighted by Crippen LogP contribution is -2.30. The van der Waals surface area contributed by atoms with Crippen LogP contribution in [0, 0.1) is 6.92 Å². The molecule has 0 radical (unpaired) electrons. The first kappa shape index (κ1) is 11.1. The highest BCUT2D eigenvalue weighted by molar-refractivity contribution is 5.92. The quantitative estimate of drug-likeness (QED) is 0.831. The molecule has 2 rings (SSSR count). The molecule has 0 atom stereocenters. The van der Waals surface area contributed by atoms with Crippen LogP contribution in [0.2, 0.25) is 0 Å². The Balaban J connectivity index is 2.12. The summed E-state index contributed by atoms with van der Waals surface area (Å²) in [5.74, 6) is 0.184. The third kappa shape index (κ3) is 2.24. The third-order valence-corrected chi connectivity index (χ3v) is 3.05. The van der Waals surface area contributed by atoms with Gasteiger partial charge in [0.25, 0.3) is 5.91 Å². The molecule has 0 bridgehead atoms. The van der Waals surface area contributed by atoms with Crippen LogP contribution in [0.5, 0.6) is 0 Å². The number of aromatic nitrogens is 1. The van der Waals surface area contributed by atoms with E-state index in [1.807, 2.05) is 6.92 Å². The summed E-state index contributed by atoms with van der Waals surface area (Å²) in [7, 11) is 0. The molecule has 0 saturated carbocycles. The van der Waals surface area contributed by atoms with Crippen molar-refractivity contribution in [1.82, 2.24) is 10.1 Å². The van der Waals surface area contributed by atoms with Crippen LogP contribution in [0.25, 0.3) is 0 Å². The smallest absolute Gasteiger partial charge is 0.271 e. The number of piperidine rings is 1. The zero-order valence-electron chi connectivity index (χ0n) is 9.53. The highest BCUT2D eigenvalue weighted by atomic mass is 16.5. The highest BCUT2D eigenvalue weighted by Gasteiger charge is 2.20. The van der Waals surface area contributed by atoms with Crippen molar-refractivity contribution in [3.63, 3.8) is 0 Å². The van der Waals surface area contributed by atoms with Crippen molar-refractivity contribution in [1.29, 1.82) is 0 Å². The number of amides is 1. The number of nitrogens with zero attached hydrogens (tertiary/aromatic N) is 2. The van der Waals surface area contributed by atoms with Crippen LogP contribution in [0.15, 0.2) is 4.52 Å². The second-order valence-electron chi connectivity index (χ2n) is 4.27. The molecule has 1 aromatic heterocycles. The highest BCUT2D eigenvalue weighted by Crippen LogP contribution is 2.18. The van der Waals surface area contributed by atoms with E-state index in [2.05, 4.69) is 10.1 Å². The molecule has 1 aromatic rings. The van der Waals surface area contributed by atoms with Gasteiger partial charge in [-0.25, -0.2) is 0 Å². The van der Waals surface area contributed by atoms with Crippen LogP contribution < -0.4 is 5.73 Å². The number of primary amides is 1. The van der Waals surface area contributed by atoms with Gasteiger partial charge in [0.2, 0.25) is 0 Å². The Morgan fingerprint density at radius 2 is 2.12 bits per heavy atom. The van der Waals surface area contributed by atoms with Gasteiger partial charge in [0, 0.05) is 12.1 Å². The van der Waals surface area contributed by atoms with Gasteiger partial charge in [-0.3, -0.25) is 9.69 Å². The molecule has 0 aromatic carbocycles. The van der Waals surface area contributed by atoms with Crippen molar-refractivity contribution in [3.05, 3.63) is 17.0 Å². The second-order valence-corrected chi connectivity index (χ2v) is 4.27. The van der Waals surface area contributed by atoms with Gasteiger partial charge in [-0.2, -0.15) is 0 Å². The van der Waals surface area contributed by atoms with Gasteiger partial charge in [-0.05, 0) is 32.9 Å². The van der Waals surface area contributed by atoms with E-state index in [9.17, 15) is 4.79 Å². The molecule has 0 aliphatic carbocycles. The Kier molecular flexibility index (Phi) is 3.24. The van der Waals surface area contributed by atoms with Gasteiger partial charge in [0.05, 0.1) is 0 Å². The van der Waals surface area contributed by atoms with Crippen molar-refractivity contribution >= 4 is 5.91 Å². The number of rotatable bonds is 3. The fourth-order valence-electron chi connectivity index (χ4n) is 2.11. The Hall–Kier alpha value is -1.36. The lowest BCUT2D eigenvalue weighted by atomic mass is 10.1. The summed E-state index contributed by atoms with van der Waals surface area (Å²) >= 11 is 0. The van der Waals surface area contributed by atoms with Crippen molar-refractivity contribution in [2.45, 2.75) is 32.7 Å². The fraction of sp³-hybridized carbons (Fsp3) is 0.636. The van der Waals surface area contributed by atoms with E-state index in [0.29, 0.717) is 12.3 Å². The van der Waals surface area contributed by atoms with E-state index in [1.54, 1.807) is 0 Å². The molecule has 0 spiro atoms. The first-order chi connectivity index (χ1) is 7.68. The topological polar surface area (TPSA) is 72.4 Å². The number of hydrogen-bond donors (Lipinski definition) is 1. The molecule has 5 heteroatoms. The molecule has 2 N–H and O–H groups in total. The molecule has 5 nitrogen and oxygen atoms in total. The second kappa shape index (κ2) is 4.65. The molecule has 0 unspecified atom stereocenters. The van der Waals surface area contributed by atoms with E-state index in [1.165, 1.54) is 19.3 Å². The van der Waals surface area contributed by atoms with Gasteiger partial charge in [-0.1, -0.05) is 11.6 Å². The average Bonchev–Trinajstić information content (AvgIpc) is 2.62. The Bertz CT molecular complexity index is 381. The fourth-order valence-corrected chi connectivity index (χ4v) is 2.11. The SMILES string of the molecule is Cc1onc(C(N)=O)c1CN1CCCCC1. The normalized spacial score (nSPS) is 17.6. The maximum atomic E-state index is 11.2. The first-order valence-electron chi connectivity index (χ1n) is 5.66. The molecule has 88 valence electrons. The standard InChI is InChI=1S/C11H17N3O2/c1-8-9(10(11(12)15)13-16-8)7-14-5-3-2-4-6-14/h2-7H2,1H3,(H2,12,15). The summed E-state index contributed by atoms with van der Waals surface area (Å²) in [5.41, 5.74) is 6.38. The van der Waals surface area contributed by atoms with Crippen molar-refractivity contribution in [3.8, 4) is 0 Å². The summed E-state index contributed by atoms with van der Waals surface area (Å²) in [6.07, 6.45) is 3.73. The van der Waals surface area contributed by atoms with Crippen LogP contribution in [-0.2, 0) is 6.54 Å². The zero-order chi connectivity index (χ0) is 11.5. The maximum Gasteiger partial charge on any atom is 0.271 e. The van der Waals surface area contributed by atoms with Gasteiger partial charge in [-0.15, -0.1) is 0 Å². The van der Waals surface area contributed by atoms with Crippen LogP contribution in [0.1, 0.15) is 41.1 Å². The number of carbonyl (C=O) groups excluding carboxylic acids is 1. The predicted octanol–water partition coefficient (Wildman–Crippen LogP) is 1.07. The molecule has 1 aliphatic rings. The van der Waals surface area contributed by atoms with E-state index < -0.39 is 5.91 Å². The van der Waals surface area contributed by atoms with Gasteiger partial charge in [0.1, 0.15) is 5.76 Å². The van der Waals surface area contributed by atoms with Gasteiger partial charge in [0.15, 0.2) is 5.69 Å². The van der Waals surface area contributed by atoms with E-state index in [-0.39, 0.29) is 5.69 Å². The minimum absolute atomic E-state index is 0.281. The van der Waals surface area contributed by atoms with Crippen LogP contribution in [0.4, 0.5) is 0 Å². The van der Waals surface area contributed by atoms with E-state index >= 15 is 0 Å². The summed E-state index contributed by atoms with van der Waals surface area (Å²) in [4.78, 5) is 13.5. The molecule has 1 saturated heterocycles. The molecule has 2 heterocycles. The summed E-state index contributed by atoms with van der Waals surface area (Å²) in [5, 5.41) is 3.70. The largest absolute Gasteiger partial charge is 0.364 e. The van der Waals surface area contributed by atoms with Crippen molar-refractivity contribution in [2.24, 2.45) is 5.73 Å². The Morgan fingerprint density at radius 3 is 2.75 bits per heavy atom. The Morgan fingerprint density at radius 1 is 1.44 bits per heavy atom. The van der Waals surface area contributed by atoms with Crippen LogP contribution >= 0.6 is 0 Å². The molecule has 1 fully saturated rings. The number of likely N-dealkylation sites (tertiary alicyclic amines) is 1. The first-order valence-corrected chi connectivity index (χ1v) is 5.66. The molecular weight excluding hydrogens is 206 g/mol. The predicted molar refractivity (Wildman–Crippen MR) is 58.9 cm³/mol. The minimum Gasteiger partial charge on any atom is -0.364 e. The number of aryl methyl sites for hydroxylation is 1. The van der Waals surface area contributed by atoms with Crippen molar-refractivity contribution < 1.29 is 9.32 Å². The summed E-state index contributed by atoms with van der Waals surface area (Å²) < 4.78 is 5.02. The summed E-state index contributed by atoms with van der Waals surface area (Å²) in [6.45, 7) is 4.68. The summed E-state index contributed by atoms with van der Waals surface area (Å²) in [6, 6.07) is 0. The molecular formula is C11H17N3O2. The lowest BCUT2D eigenvalue weighted by molar-refractivity contribution is 0.0989. The lowest BCUT2D eigenvalue weighted by Gasteiger charge is -2.26. The molecule has 16 heavy (non-hydrogen) atoms. The Labute approximate surface area is 94.6 Å². The maximum absolute atomic E-state index is 11.2. The molecule has 1 amide bonds. The van der Waals surface area contributed by atoms with Crippen LogP contribution in [0.3, 0.4) is 0 Å². The average molecular weight is 223 g/mol. The number of carbonyl (C=O) groups is 1. The van der Waals surface area contributed by atoms with Crippen molar-refractivity contribution in [2.75, 3.05) is 13.1 Å². The third-order valence-electron chi connectivity index (χ3n) is 3.05. The molecule has 1 aliphatic heterocycles. The van der Waals surface area contributed by atoms with Gasteiger partial charge >= 0.3 is 0 Å². The van der Waals surface area contributed by atoms with E-state index in [4.69, 9.17) is 10.3 Å².